The van der Waals surface area contributed by atoms with Crippen LogP contribution in [0.5, 0.6) is 0 Å². The van der Waals surface area contributed by atoms with Crippen molar-refractivity contribution in [2.24, 2.45) is 0 Å². The monoisotopic (exact) mass is 375 g/mol. The number of likely N-dealkylation sites (N-methyl/N-ethyl adjacent to an activating group) is 1. The van der Waals surface area contributed by atoms with Crippen molar-refractivity contribution >= 4 is 12.1 Å². The van der Waals surface area contributed by atoms with Gasteiger partial charge >= 0.3 is 12.1 Å². The van der Waals surface area contributed by atoms with E-state index in [9.17, 15) is 14.7 Å². The molecule has 1 aromatic rings. The fourth-order valence-electron chi connectivity index (χ4n) is 3.89. The summed E-state index contributed by atoms with van der Waals surface area (Å²) in [6.07, 6.45) is 0.749. The lowest BCUT2D eigenvalue weighted by atomic mass is 9.87. The predicted molar refractivity (Wildman–Crippen MR) is 102 cm³/mol. The molecule has 2 atom stereocenters. The van der Waals surface area contributed by atoms with Gasteiger partial charge < -0.3 is 24.5 Å². The summed E-state index contributed by atoms with van der Waals surface area (Å²) in [4.78, 5) is 29.5. The fraction of sp³-hybridized carbons (Fsp3) is 0.600. The van der Waals surface area contributed by atoms with E-state index in [4.69, 9.17) is 4.74 Å². The second-order valence-electron chi connectivity index (χ2n) is 7.36. The first-order valence-corrected chi connectivity index (χ1v) is 9.65. The molecule has 0 spiro atoms. The summed E-state index contributed by atoms with van der Waals surface area (Å²) in [7, 11) is 1.59. The van der Waals surface area contributed by atoms with E-state index in [1.54, 1.807) is 7.05 Å². The molecule has 0 aliphatic carbocycles. The van der Waals surface area contributed by atoms with E-state index >= 15 is 0 Å². The minimum absolute atomic E-state index is 0.0167. The number of nitrogens with zero attached hydrogens (tertiary/aromatic N) is 3. The van der Waals surface area contributed by atoms with E-state index in [0.717, 1.165) is 18.4 Å². The van der Waals surface area contributed by atoms with Gasteiger partial charge in [-0.15, -0.1) is 0 Å². The van der Waals surface area contributed by atoms with Crippen LogP contribution in [0, 0.1) is 0 Å². The number of carboxylic acid groups (broad SMARTS) is 1. The summed E-state index contributed by atoms with van der Waals surface area (Å²) >= 11 is 0. The Morgan fingerprint density at radius 1 is 1.15 bits per heavy atom. The van der Waals surface area contributed by atoms with Crippen LogP contribution >= 0.6 is 0 Å². The maximum absolute atomic E-state index is 13.0. The van der Waals surface area contributed by atoms with Crippen LogP contribution < -0.4 is 0 Å². The summed E-state index contributed by atoms with van der Waals surface area (Å²) in [6.45, 7) is 5.46. The van der Waals surface area contributed by atoms with Gasteiger partial charge in [0.2, 0.25) is 0 Å². The highest BCUT2D eigenvalue weighted by Gasteiger charge is 2.36. The number of hydrogen-bond donors (Lipinski definition) is 1. The summed E-state index contributed by atoms with van der Waals surface area (Å²) < 4.78 is 5.34. The predicted octanol–water partition coefficient (Wildman–Crippen LogP) is 2.47. The highest BCUT2D eigenvalue weighted by molar-refractivity contribution is 5.75. The maximum Gasteiger partial charge on any atom is 0.407 e. The molecule has 0 radical (unpaired) electrons. The third-order valence-corrected chi connectivity index (χ3v) is 5.69. The van der Waals surface area contributed by atoms with Crippen molar-refractivity contribution in [1.82, 2.24) is 14.7 Å². The standard InChI is InChI=1S/C20H29N3O4/c1-3-15-4-6-16(7-5-15)17-12-18(21(2)20(25)26)14-23(13-17)19(24)22-8-10-27-11-9-22/h4-7,17-18H,3,8-14H2,1-2H3,(H,25,26). The van der Waals surface area contributed by atoms with Crippen LogP contribution in [0.1, 0.15) is 30.4 Å². The van der Waals surface area contributed by atoms with Crippen molar-refractivity contribution in [3.63, 3.8) is 0 Å². The molecule has 0 bridgehead atoms. The lowest BCUT2D eigenvalue weighted by molar-refractivity contribution is 0.0348. The Morgan fingerprint density at radius 2 is 1.81 bits per heavy atom. The van der Waals surface area contributed by atoms with Gasteiger partial charge in [-0.2, -0.15) is 0 Å². The van der Waals surface area contributed by atoms with Crippen molar-refractivity contribution in [3.8, 4) is 0 Å². The third kappa shape index (κ3) is 4.53. The molecule has 1 aromatic carbocycles. The molecule has 148 valence electrons. The third-order valence-electron chi connectivity index (χ3n) is 5.69. The van der Waals surface area contributed by atoms with Gasteiger partial charge in [0.15, 0.2) is 0 Å². The normalized spacial score (nSPS) is 23.2. The number of benzene rings is 1. The van der Waals surface area contributed by atoms with Gasteiger partial charge in [0.25, 0.3) is 0 Å². The zero-order chi connectivity index (χ0) is 19.4. The van der Waals surface area contributed by atoms with Crippen molar-refractivity contribution in [2.45, 2.75) is 31.7 Å². The quantitative estimate of drug-likeness (QED) is 0.881. The summed E-state index contributed by atoms with van der Waals surface area (Å²) in [5.74, 6) is 0.126. The summed E-state index contributed by atoms with van der Waals surface area (Å²) in [5.41, 5.74) is 2.44. The Kier molecular flexibility index (Phi) is 6.21. The van der Waals surface area contributed by atoms with Gasteiger partial charge in [-0.25, -0.2) is 9.59 Å². The highest BCUT2D eigenvalue weighted by Crippen LogP contribution is 2.30. The number of urea groups is 1. The van der Waals surface area contributed by atoms with E-state index < -0.39 is 6.09 Å². The van der Waals surface area contributed by atoms with Crippen molar-refractivity contribution in [1.29, 1.82) is 0 Å². The Balaban J connectivity index is 1.79. The smallest absolute Gasteiger partial charge is 0.407 e. The number of hydrogen-bond acceptors (Lipinski definition) is 3. The zero-order valence-electron chi connectivity index (χ0n) is 16.1. The first-order chi connectivity index (χ1) is 13.0. The van der Waals surface area contributed by atoms with Crippen molar-refractivity contribution < 1.29 is 19.4 Å². The number of aryl methyl sites for hydroxylation is 1. The molecule has 2 aliphatic rings. The van der Waals surface area contributed by atoms with Crippen molar-refractivity contribution in [3.05, 3.63) is 35.4 Å². The van der Waals surface area contributed by atoms with Gasteiger partial charge in [-0.05, 0) is 24.0 Å². The van der Waals surface area contributed by atoms with Crippen LogP contribution in [-0.4, -0.2) is 84.4 Å². The van der Waals surface area contributed by atoms with E-state index in [0.29, 0.717) is 39.4 Å². The average Bonchev–Trinajstić information content (AvgIpc) is 2.72. The van der Waals surface area contributed by atoms with Gasteiger partial charge in [0.05, 0.1) is 19.3 Å². The van der Waals surface area contributed by atoms with Gasteiger partial charge in [0.1, 0.15) is 0 Å². The Labute approximate surface area is 160 Å². The molecule has 1 N–H and O–H groups in total. The number of rotatable bonds is 3. The highest BCUT2D eigenvalue weighted by atomic mass is 16.5. The molecule has 2 fully saturated rings. The molecule has 0 saturated carbocycles. The molecule has 3 amide bonds. The minimum atomic E-state index is -0.958. The topological polar surface area (TPSA) is 73.3 Å². The van der Waals surface area contributed by atoms with E-state index in [1.807, 2.05) is 9.80 Å². The zero-order valence-corrected chi connectivity index (χ0v) is 16.1. The lowest BCUT2D eigenvalue weighted by Gasteiger charge is -2.43. The number of carbonyl (C=O) groups is 2. The first-order valence-electron chi connectivity index (χ1n) is 9.65. The van der Waals surface area contributed by atoms with Crippen LogP contribution in [-0.2, 0) is 11.2 Å². The molecule has 0 aromatic heterocycles. The van der Waals surface area contributed by atoms with E-state index in [2.05, 4.69) is 31.2 Å². The molecule has 27 heavy (non-hydrogen) atoms. The van der Waals surface area contributed by atoms with Crippen LogP contribution in [0.25, 0.3) is 0 Å². The Hall–Kier alpha value is -2.28. The first kappa shape index (κ1) is 19.5. The number of ether oxygens (including phenoxy) is 1. The number of morpholine rings is 1. The molecular weight excluding hydrogens is 346 g/mol. The minimum Gasteiger partial charge on any atom is -0.465 e. The Bertz CT molecular complexity index is 658. The largest absolute Gasteiger partial charge is 0.465 e. The second kappa shape index (κ2) is 8.61. The molecular formula is C20H29N3O4. The molecule has 2 saturated heterocycles. The molecule has 2 heterocycles. The molecule has 2 aliphatic heterocycles. The van der Waals surface area contributed by atoms with E-state index in [-0.39, 0.29) is 18.0 Å². The molecule has 7 heteroatoms. The lowest BCUT2D eigenvalue weighted by Crippen LogP contribution is -2.56. The van der Waals surface area contributed by atoms with Crippen LogP contribution in [0.2, 0.25) is 0 Å². The van der Waals surface area contributed by atoms with Gasteiger partial charge in [-0.1, -0.05) is 31.2 Å². The Morgan fingerprint density at radius 3 is 2.41 bits per heavy atom. The van der Waals surface area contributed by atoms with Gasteiger partial charge in [-0.3, -0.25) is 0 Å². The summed E-state index contributed by atoms with van der Waals surface area (Å²) in [5, 5.41) is 9.43. The van der Waals surface area contributed by atoms with Crippen molar-refractivity contribution in [2.75, 3.05) is 46.4 Å². The number of amides is 3. The second-order valence-corrected chi connectivity index (χ2v) is 7.36. The van der Waals surface area contributed by atoms with Gasteiger partial charge in [0, 0.05) is 39.1 Å². The van der Waals surface area contributed by atoms with Crippen LogP contribution in [0.15, 0.2) is 24.3 Å². The molecule has 3 rings (SSSR count). The number of likely N-dealkylation sites (tertiary alicyclic amines) is 1. The summed E-state index contributed by atoms with van der Waals surface area (Å²) in [6, 6.07) is 8.24. The maximum atomic E-state index is 13.0. The fourth-order valence-corrected chi connectivity index (χ4v) is 3.89. The SMILES string of the molecule is CCc1ccc(C2CC(N(C)C(=O)O)CN(C(=O)N3CCOCC3)C2)cc1. The average molecular weight is 375 g/mol. The number of carbonyl (C=O) groups excluding carboxylic acids is 1. The number of piperidine rings is 1. The molecule has 7 nitrogen and oxygen atoms in total. The van der Waals surface area contributed by atoms with E-state index in [1.165, 1.54) is 10.5 Å². The molecule has 2 unspecified atom stereocenters. The van der Waals surface area contributed by atoms with Crippen LogP contribution in [0.3, 0.4) is 0 Å². The van der Waals surface area contributed by atoms with Crippen LogP contribution in [0.4, 0.5) is 9.59 Å².